The van der Waals surface area contributed by atoms with E-state index >= 15 is 0 Å². The quantitative estimate of drug-likeness (QED) is 0.334. The third-order valence-electron chi connectivity index (χ3n) is 3.11. The SMILES string of the molecule is O=C[C@H](O)[C@@H](O)[C@H](O)[C@H](O)COC(=O)CCc1ccccc1. The second kappa shape index (κ2) is 9.26. The van der Waals surface area contributed by atoms with Crippen molar-refractivity contribution in [3.63, 3.8) is 0 Å². The fourth-order valence-corrected chi connectivity index (χ4v) is 1.75. The Bertz CT molecular complexity index is 462. The van der Waals surface area contributed by atoms with Gasteiger partial charge in [0.25, 0.3) is 0 Å². The second-order valence-electron chi connectivity index (χ2n) is 4.84. The number of esters is 1. The molecule has 0 aliphatic heterocycles. The van der Waals surface area contributed by atoms with Gasteiger partial charge in [-0.1, -0.05) is 30.3 Å². The first kappa shape index (κ1) is 18.2. The van der Waals surface area contributed by atoms with Crippen LogP contribution in [-0.2, 0) is 20.7 Å². The number of aliphatic hydroxyl groups is 4. The molecular formula is C15H20O7. The van der Waals surface area contributed by atoms with E-state index in [0.717, 1.165) is 5.56 Å². The molecule has 1 aromatic carbocycles. The minimum absolute atomic E-state index is 0.0342. The molecule has 122 valence electrons. The van der Waals surface area contributed by atoms with Gasteiger partial charge in [0, 0.05) is 6.42 Å². The van der Waals surface area contributed by atoms with Crippen LogP contribution in [0.3, 0.4) is 0 Å². The molecule has 0 radical (unpaired) electrons. The Morgan fingerprint density at radius 3 is 2.32 bits per heavy atom. The van der Waals surface area contributed by atoms with Gasteiger partial charge in [0.2, 0.25) is 0 Å². The van der Waals surface area contributed by atoms with Gasteiger partial charge in [-0.25, -0.2) is 0 Å². The maximum atomic E-state index is 11.5. The number of aryl methyl sites for hydroxylation is 1. The van der Waals surface area contributed by atoms with Crippen molar-refractivity contribution in [3.8, 4) is 0 Å². The second-order valence-corrected chi connectivity index (χ2v) is 4.84. The maximum absolute atomic E-state index is 11.5. The summed E-state index contributed by atoms with van der Waals surface area (Å²) in [5, 5.41) is 37.4. The summed E-state index contributed by atoms with van der Waals surface area (Å²) in [6.07, 6.45) is -6.47. The van der Waals surface area contributed by atoms with E-state index in [4.69, 9.17) is 9.84 Å². The fraction of sp³-hybridized carbons (Fsp3) is 0.467. The maximum Gasteiger partial charge on any atom is 0.306 e. The smallest absolute Gasteiger partial charge is 0.306 e. The molecule has 7 heteroatoms. The van der Waals surface area contributed by atoms with Crippen LogP contribution in [0.1, 0.15) is 12.0 Å². The fourth-order valence-electron chi connectivity index (χ4n) is 1.75. The summed E-state index contributed by atoms with van der Waals surface area (Å²) in [7, 11) is 0. The third kappa shape index (κ3) is 5.90. The van der Waals surface area contributed by atoms with Crippen LogP contribution < -0.4 is 0 Å². The Labute approximate surface area is 127 Å². The molecule has 0 heterocycles. The number of benzene rings is 1. The molecule has 7 nitrogen and oxygen atoms in total. The van der Waals surface area contributed by atoms with E-state index in [1.54, 1.807) is 0 Å². The molecule has 22 heavy (non-hydrogen) atoms. The molecule has 0 bridgehead atoms. The van der Waals surface area contributed by atoms with E-state index in [1.165, 1.54) is 0 Å². The largest absolute Gasteiger partial charge is 0.463 e. The van der Waals surface area contributed by atoms with Gasteiger partial charge in [-0.05, 0) is 12.0 Å². The van der Waals surface area contributed by atoms with Crippen LogP contribution in [0.2, 0.25) is 0 Å². The monoisotopic (exact) mass is 312 g/mol. The number of carbonyl (C=O) groups is 2. The van der Waals surface area contributed by atoms with Crippen LogP contribution >= 0.6 is 0 Å². The Morgan fingerprint density at radius 2 is 1.73 bits per heavy atom. The predicted molar refractivity (Wildman–Crippen MR) is 75.8 cm³/mol. The van der Waals surface area contributed by atoms with E-state index < -0.39 is 37.0 Å². The average molecular weight is 312 g/mol. The van der Waals surface area contributed by atoms with Crippen molar-refractivity contribution in [3.05, 3.63) is 35.9 Å². The summed E-state index contributed by atoms with van der Waals surface area (Å²) in [6.45, 7) is -0.544. The van der Waals surface area contributed by atoms with E-state index in [0.29, 0.717) is 6.42 Å². The molecule has 0 aromatic heterocycles. The van der Waals surface area contributed by atoms with Gasteiger partial charge in [-0.3, -0.25) is 4.79 Å². The van der Waals surface area contributed by atoms with Crippen LogP contribution in [0.5, 0.6) is 0 Å². The Hall–Kier alpha value is -1.80. The zero-order chi connectivity index (χ0) is 16.5. The van der Waals surface area contributed by atoms with Crippen molar-refractivity contribution in [2.45, 2.75) is 37.3 Å². The highest BCUT2D eigenvalue weighted by atomic mass is 16.5. The van der Waals surface area contributed by atoms with Crippen LogP contribution in [0.25, 0.3) is 0 Å². The lowest BCUT2D eigenvalue weighted by molar-refractivity contribution is -0.156. The molecule has 4 atom stereocenters. The van der Waals surface area contributed by atoms with E-state index in [9.17, 15) is 24.9 Å². The highest BCUT2D eigenvalue weighted by Gasteiger charge is 2.30. The molecule has 1 aromatic rings. The van der Waals surface area contributed by atoms with Crippen molar-refractivity contribution >= 4 is 12.3 Å². The van der Waals surface area contributed by atoms with Crippen molar-refractivity contribution in [2.75, 3.05) is 6.61 Å². The molecule has 0 fully saturated rings. The van der Waals surface area contributed by atoms with Gasteiger partial charge in [0.1, 0.15) is 31.0 Å². The predicted octanol–water partition coefficient (Wildman–Crippen LogP) is -1.20. The van der Waals surface area contributed by atoms with Gasteiger partial charge in [0.15, 0.2) is 6.29 Å². The van der Waals surface area contributed by atoms with Crippen molar-refractivity contribution < 1.29 is 34.8 Å². The van der Waals surface area contributed by atoms with Crippen LogP contribution in [-0.4, -0.2) is 63.7 Å². The summed E-state index contributed by atoms with van der Waals surface area (Å²) in [5.74, 6) is -0.569. The van der Waals surface area contributed by atoms with Gasteiger partial charge in [0.05, 0.1) is 0 Å². The molecule has 0 amide bonds. The van der Waals surface area contributed by atoms with E-state index in [2.05, 4.69) is 0 Å². The Kier molecular flexibility index (Phi) is 7.69. The molecule has 4 N–H and O–H groups in total. The van der Waals surface area contributed by atoms with E-state index in [-0.39, 0.29) is 12.7 Å². The number of aliphatic hydroxyl groups excluding tert-OH is 4. The number of ether oxygens (including phenoxy) is 1. The minimum Gasteiger partial charge on any atom is -0.463 e. The average Bonchev–Trinajstić information content (AvgIpc) is 2.56. The van der Waals surface area contributed by atoms with Crippen molar-refractivity contribution in [1.29, 1.82) is 0 Å². The standard InChI is InChI=1S/C15H20O7/c16-8-11(17)14(20)15(21)12(18)9-22-13(19)7-6-10-4-2-1-3-5-10/h1-5,8,11-12,14-15,17-18,20-21H,6-7,9H2/t11-,12+,14+,15+/m0/s1. The molecule has 0 saturated heterocycles. The molecule has 0 aliphatic rings. The van der Waals surface area contributed by atoms with Crippen molar-refractivity contribution in [2.24, 2.45) is 0 Å². The summed E-state index contributed by atoms with van der Waals surface area (Å²) >= 11 is 0. The number of hydrogen-bond acceptors (Lipinski definition) is 7. The van der Waals surface area contributed by atoms with Crippen molar-refractivity contribution in [1.82, 2.24) is 0 Å². The van der Waals surface area contributed by atoms with Gasteiger partial charge in [-0.2, -0.15) is 0 Å². The topological polar surface area (TPSA) is 124 Å². The molecule has 0 spiro atoms. The van der Waals surface area contributed by atoms with Crippen LogP contribution in [0, 0.1) is 0 Å². The summed E-state index contributed by atoms with van der Waals surface area (Å²) < 4.78 is 4.78. The van der Waals surface area contributed by atoms with Gasteiger partial charge < -0.3 is 30.0 Å². The van der Waals surface area contributed by atoms with Gasteiger partial charge >= 0.3 is 5.97 Å². The highest BCUT2D eigenvalue weighted by Crippen LogP contribution is 2.07. The van der Waals surface area contributed by atoms with E-state index in [1.807, 2.05) is 30.3 Å². The summed E-state index contributed by atoms with van der Waals surface area (Å²) in [5.41, 5.74) is 0.963. The number of aldehydes is 1. The number of carbonyl (C=O) groups excluding carboxylic acids is 2. The Morgan fingerprint density at radius 1 is 1.09 bits per heavy atom. The molecule has 0 unspecified atom stereocenters. The summed E-state index contributed by atoms with van der Waals surface area (Å²) in [6, 6.07) is 9.28. The molecule has 0 aliphatic carbocycles. The highest BCUT2D eigenvalue weighted by molar-refractivity contribution is 5.69. The molecule has 0 saturated carbocycles. The minimum atomic E-state index is -1.85. The summed E-state index contributed by atoms with van der Waals surface area (Å²) in [4.78, 5) is 21.8. The first-order valence-corrected chi connectivity index (χ1v) is 6.82. The Balaban J connectivity index is 2.32. The van der Waals surface area contributed by atoms with Crippen LogP contribution in [0.15, 0.2) is 30.3 Å². The lowest BCUT2D eigenvalue weighted by Crippen LogP contribution is -2.46. The zero-order valence-corrected chi connectivity index (χ0v) is 11.9. The number of rotatable bonds is 9. The zero-order valence-electron chi connectivity index (χ0n) is 11.9. The van der Waals surface area contributed by atoms with Crippen LogP contribution in [0.4, 0.5) is 0 Å². The lowest BCUT2D eigenvalue weighted by atomic mass is 10.0. The first-order chi connectivity index (χ1) is 10.5. The molecular weight excluding hydrogens is 292 g/mol. The first-order valence-electron chi connectivity index (χ1n) is 6.82. The molecule has 1 rings (SSSR count). The van der Waals surface area contributed by atoms with Gasteiger partial charge in [-0.15, -0.1) is 0 Å². The lowest BCUT2D eigenvalue weighted by Gasteiger charge is -2.23. The number of hydrogen-bond donors (Lipinski definition) is 4. The third-order valence-corrected chi connectivity index (χ3v) is 3.11. The normalized spacial score (nSPS) is 16.4.